The highest BCUT2D eigenvalue weighted by molar-refractivity contribution is 5.86. The standard InChI is InChI=1S/C28H30O4/c1-20(2)28(30)32-16-7-10-25-19-24(12-14-27(25)31-17-15-29)23-11-13-26(21(3)18-23)22-8-5-4-6-9-22/h4-6,8-9,11-14,18-19,29H,1,7,10,15-17H2,2-3H3. The molecule has 1 N–H and O–H groups in total. The number of carbonyl (C=O) groups excluding carboxylic acids is 1. The Morgan fingerprint density at radius 2 is 1.66 bits per heavy atom. The molecule has 0 unspecified atom stereocenters. The van der Waals surface area contributed by atoms with Crippen LogP contribution >= 0.6 is 0 Å². The van der Waals surface area contributed by atoms with Gasteiger partial charge in [0.05, 0.1) is 13.2 Å². The van der Waals surface area contributed by atoms with Crippen LogP contribution in [0.2, 0.25) is 0 Å². The Morgan fingerprint density at radius 3 is 2.34 bits per heavy atom. The van der Waals surface area contributed by atoms with Gasteiger partial charge in [0.2, 0.25) is 0 Å². The van der Waals surface area contributed by atoms with Gasteiger partial charge in [-0.3, -0.25) is 0 Å². The highest BCUT2D eigenvalue weighted by atomic mass is 16.5. The van der Waals surface area contributed by atoms with Gasteiger partial charge in [0, 0.05) is 5.57 Å². The molecule has 0 bridgehead atoms. The summed E-state index contributed by atoms with van der Waals surface area (Å²) in [5.74, 6) is 0.371. The molecule has 3 aromatic carbocycles. The molecule has 0 aliphatic rings. The molecule has 0 heterocycles. The Bertz CT molecular complexity index is 1070. The summed E-state index contributed by atoms with van der Waals surface area (Å²) in [4.78, 5) is 11.6. The molecule has 0 spiro atoms. The van der Waals surface area contributed by atoms with Crippen LogP contribution in [-0.4, -0.2) is 30.9 Å². The van der Waals surface area contributed by atoms with E-state index in [1.54, 1.807) is 6.92 Å². The third kappa shape index (κ3) is 6.08. The molecule has 0 aliphatic carbocycles. The lowest BCUT2D eigenvalue weighted by Gasteiger charge is -2.14. The van der Waals surface area contributed by atoms with Crippen molar-refractivity contribution < 1.29 is 19.4 Å². The number of aryl methyl sites for hydroxylation is 2. The molecule has 4 nitrogen and oxygen atoms in total. The third-order valence-electron chi connectivity index (χ3n) is 5.23. The van der Waals surface area contributed by atoms with Gasteiger partial charge in [0.1, 0.15) is 12.4 Å². The second kappa shape index (κ2) is 11.3. The van der Waals surface area contributed by atoms with E-state index in [0.29, 0.717) is 25.0 Å². The van der Waals surface area contributed by atoms with Crippen LogP contribution in [0, 0.1) is 6.92 Å². The lowest BCUT2D eigenvalue weighted by atomic mass is 9.94. The van der Waals surface area contributed by atoms with Gasteiger partial charge in [-0.05, 0) is 72.2 Å². The number of rotatable bonds is 10. The third-order valence-corrected chi connectivity index (χ3v) is 5.23. The number of esters is 1. The monoisotopic (exact) mass is 430 g/mol. The van der Waals surface area contributed by atoms with Crippen molar-refractivity contribution in [3.8, 4) is 28.0 Å². The summed E-state index contributed by atoms with van der Waals surface area (Å²) >= 11 is 0. The molecule has 0 fully saturated rings. The Hall–Kier alpha value is -3.37. The van der Waals surface area contributed by atoms with Crippen LogP contribution in [0.5, 0.6) is 5.75 Å². The quantitative estimate of drug-likeness (QED) is 0.253. The molecular weight excluding hydrogens is 400 g/mol. The minimum Gasteiger partial charge on any atom is -0.491 e. The smallest absolute Gasteiger partial charge is 0.333 e. The summed E-state index contributed by atoms with van der Waals surface area (Å²) < 4.78 is 10.9. The predicted molar refractivity (Wildman–Crippen MR) is 129 cm³/mol. The van der Waals surface area contributed by atoms with E-state index in [1.165, 1.54) is 16.7 Å². The second-order valence-electron chi connectivity index (χ2n) is 7.81. The second-order valence-corrected chi connectivity index (χ2v) is 7.81. The highest BCUT2D eigenvalue weighted by Crippen LogP contribution is 2.31. The summed E-state index contributed by atoms with van der Waals surface area (Å²) in [6, 6.07) is 23.0. The lowest BCUT2D eigenvalue weighted by Crippen LogP contribution is -2.08. The van der Waals surface area contributed by atoms with E-state index in [-0.39, 0.29) is 19.2 Å². The van der Waals surface area contributed by atoms with E-state index in [1.807, 2.05) is 30.3 Å². The van der Waals surface area contributed by atoms with Gasteiger partial charge in [-0.15, -0.1) is 0 Å². The number of ether oxygens (including phenoxy) is 2. The first-order chi connectivity index (χ1) is 15.5. The normalized spacial score (nSPS) is 10.6. The van der Waals surface area contributed by atoms with Crippen molar-refractivity contribution in [3.63, 3.8) is 0 Å². The van der Waals surface area contributed by atoms with Gasteiger partial charge in [-0.2, -0.15) is 0 Å². The van der Waals surface area contributed by atoms with Crippen LogP contribution in [0.1, 0.15) is 24.5 Å². The summed E-state index contributed by atoms with van der Waals surface area (Å²) in [6.45, 7) is 7.88. The fourth-order valence-corrected chi connectivity index (χ4v) is 3.59. The van der Waals surface area contributed by atoms with Gasteiger partial charge in [0.15, 0.2) is 0 Å². The van der Waals surface area contributed by atoms with Crippen LogP contribution in [-0.2, 0) is 16.0 Å². The largest absolute Gasteiger partial charge is 0.491 e. The lowest BCUT2D eigenvalue weighted by molar-refractivity contribution is -0.139. The number of hydrogen-bond acceptors (Lipinski definition) is 4. The average molecular weight is 431 g/mol. The van der Waals surface area contributed by atoms with E-state index in [0.717, 1.165) is 22.4 Å². The Labute approximate surface area is 190 Å². The molecule has 0 amide bonds. The van der Waals surface area contributed by atoms with E-state index in [9.17, 15) is 4.79 Å². The molecule has 0 saturated carbocycles. The Balaban J connectivity index is 1.80. The predicted octanol–water partition coefficient (Wildman–Crippen LogP) is 5.75. The van der Waals surface area contributed by atoms with Gasteiger partial charge in [-0.25, -0.2) is 4.79 Å². The van der Waals surface area contributed by atoms with Gasteiger partial charge in [0.25, 0.3) is 0 Å². The van der Waals surface area contributed by atoms with E-state index in [4.69, 9.17) is 14.6 Å². The molecular formula is C28H30O4. The van der Waals surface area contributed by atoms with E-state index in [2.05, 4.69) is 49.9 Å². The van der Waals surface area contributed by atoms with Crippen molar-refractivity contribution in [2.45, 2.75) is 26.7 Å². The summed E-state index contributed by atoms with van der Waals surface area (Å²) in [5, 5.41) is 9.14. The minimum atomic E-state index is -0.371. The molecule has 4 heteroatoms. The molecule has 0 saturated heterocycles. The highest BCUT2D eigenvalue weighted by Gasteiger charge is 2.10. The molecule has 0 radical (unpaired) electrons. The number of aliphatic hydroxyl groups excluding tert-OH is 1. The first kappa shape index (κ1) is 23.3. The van der Waals surface area contributed by atoms with Crippen LogP contribution in [0.25, 0.3) is 22.3 Å². The summed E-state index contributed by atoms with van der Waals surface area (Å²) in [5.41, 5.74) is 7.28. The number of aliphatic hydroxyl groups is 1. The number of benzene rings is 3. The average Bonchev–Trinajstić information content (AvgIpc) is 2.81. The number of hydrogen-bond donors (Lipinski definition) is 1. The zero-order valence-electron chi connectivity index (χ0n) is 18.8. The maximum absolute atomic E-state index is 11.6. The fourth-order valence-electron chi connectivity index (χ4n) is 3.59. The Kier molecular flexibility index (Phi) is 8.23. The molecule has 0 aliphatic heterocycles. The first-order valence-corrected chi connectivity index (χ1v) is 10.8. The molecule has 3 rings (SSSR count). The molecule has 0 atom stereocenters. The zero-order chi connectivity index (χ0) is 22.9. The molecule has 3 aromatic rings. The van der Waals surface area contributed by atoms with Crippen LogP contribution in [0.15, 0.2) is 78.9 Å². The van der Waals surface area contributed by atoms with Crippen molar-refractivity contribution in [2.75, 3.05) is 19.8 Å². The van der Waals surface area contributed by atoms with Crippen molar-refractivity contribution in [3.05, 3.63) is 90.0 Å². The topological polar surface area (TPSA) is 55.8 Å². The molecule has 166 valence electrons. The maximum atomic E-state index is 11.6. The van der Waals surface area contributed by atoms with Crippen LogP contribution in [0.4, 0.5) is 0 Å². The summed E-state index contributed by atoms with van der Waals surface area (Å²) in [6.07, 6.45) is 1.36. The first-order valence-electron chi connectivity index (χ1n) is 10.8. The van der Waals surface area contributed by atoms with Crippen molar-refractivity contribution in [2.24, 2.45) is 0 Å². The van der Waals surface area contributed by atoms with E-state index < -0.39 is 0 Å². The fraction of sp³-hybridized carbons (Fsp3) is 0.250. The van der Waals surface area contributed by atoms with Crippen molar-refractivity contribution in [1.29, 1.82) is 0 Å². The zero-order valence-corrected chi connectivity index (χ0v) is 18.8. The van der Waals surface area contributed by atoms with Crippen molar-refractivity contribution >= 4 is 5.97 Å². The SMILES string of the molecule is C=C(C)C(=O)OCCCc1cc(-c2ccc(-c3ccccc3)c(C)c2)ccc1OCCO. The van der Waals surface area contributed by atoms with Gasteiger partial charge >= 0.3 is 5.97 Å². The minimum absolute atomic E-state index is 0.0441. The molecule has 0 aromatic heterocycles. The number of carbonyl (C=O) groups is 1. The maximum Gasteiger partial charge on any atom is 0.333 e. The Morgan fingerprint density at radius 1 is 0.938 bits per heavy atom. The summed E-state index contributed by atoms with van der Waals surface area (Å²) in [7, 11) is 0. The van der Waals surface area contributed by atoms with Gasteiger partial charge < -0.3 is 14.6 Å². The van der Waals surface area contributed by atoms with Crippen LogP contribution in [0.3, 0.4) is 0 Å². The molecule has 32 heavy (non-hydrogen) atoms. The van der Waals surface area contributed by atoms with Gasteiger partial charge in [-0.1, -0.05) is 61.2 Å². The van der Waals surface area contributed by atoms with E-state index >= 15 is 0 Å². The van der Waals surface area contributed by atoms with Crippen LogP contribution < -0.4 is 4.74 Å². The van der Waals surface area contributed by atoms with Crippen molar-refractivity contribution in [1.82, 2.24) is 0 Å².